The third-order valence-corrected chi connectivity index (χ3v) is 5.11. The number of halogens is 1. The van der Waals surface area contributed by atoms with E-state index in [1.54, 1.807) is 6.92 Å². The van der Waals surface area contributed by atoms with Crippen molar-refractivity contribution in [3.8, 4) is 23.3 Å². The topological polar surface area (TPSA) is 73.9 Å². The van der Waals surface area contributed by atoms with Crippen LogP contribution in [-0.2, 0) is 9.53 Å². The van der Waals surface area contributed by atoms with Crippen LogP contribution < -0.4 is 0 Å². The predicted molar refractivity (Wildman–Crippen MR) is 104 cm³/mol. The minimum absolute atomic E-state index is 0.0477. The number of ether oxygens (including phenoxy) is 1. The zero-order chi connectivity index (χ0) is 18.0. The molecule has 0 amide bonds. The number of carbonyl (C=O) groups is 1. The summed E-state index contributed by atoms with van der Waals surface area (Å²) in [5, 5.41) is 22.2. The van der Waals surface area contributed by atoms with Gasteiger partial charge in [0.25, 0.3) is 0 Å². The van der Waals surface area contributed by atoms with Crippen LogP contribution in [0.15, 0.2) is 11.6 Å². The van der Waals surface area contributed by atoms with Crippen molar-refractivity contribution in [1.82, 2.24) is 0 Å². The maximum absolute atomic E-state index is 12.0. The standard InChI is InChI=1S/C18H21IN2O2S/c1-3-6-14-11-15(17(22)23-4-2)7-8-16(14)18(12-20,13-21)9-5-10-24-19/h8,14-15H,3-4,6-7,9,11H2,1-2H3/t14-,15+/m1/s1. The molecule has 0 aromatic heterocycles. The molecule has 0 saturated carbocycles. The third-order valence-electron chi connectivity index (χ3n) is 4.23. The zero-order valence-corrected chi connectivity index (χ0v) is 16.9. The highest BCUT2D eigenvalue weighted by Crippen LogP contribution is 2.43. The van der Waals surface area contributed by atoms with E-state index in [1.165, 1.54) is 8.93 Å². The van der Waals surface area contributed by atoms with Crippen molar-refractivity contribution in [3.63, 3.8) is 0 Å². The van der Waals surface area contributed by atoms with E-state index in [-0.39, 0.29) is 24.2 Å². The summed E-state index contributed by atoms with van der Waals surface area (Å²) in [7, 11) is 1.34. The highest BCUT2D eigenvalue weighted by atomic mass is 127. The summed E-state index contributed by atoms with van der Waals surface area (Å²) in [6.07, 6.45) is 5.05. The lowest BCUT2D eigenvalue weighted by molar-refractivity contribution is -0.148. The van der Waals surface area contributed by atoms with Crippen molar-refractivity contribution in [2.75, 3.05) is 6.61 Å². The average molecular weight is 456 g/mol. The lowest BCUT2D eigenvalue weighted by Crippen LogP contribution is -2.31. The smallest absolute Gasteiger partial charge is 0.309 e. The summed E-state index contributed by atoms with van der Waals surface area (Å²) < 4.78 is 5.14. The van der Waals surface area contributed by atoms with Gasteiger partial charge in [0.1, 0.15) is 0 Å². The largest absolute Gasteiger partial charge is 0.466 e. The molecule has 1 aliphatic carbocycles. The van der Waals surface area contributed by atoms with Crippen LogP contribution in [0.3, 0.4) is 0 Å². The van der Waals surface area contributed by atoms with Crippen molar-refractivity contribution >= 4 is 36.1 Å². The Morgan fingerprint density at radius 2 is 2.17 bits per heavy atom. The van der Waals surface area contributed by atoms with Crippen LogP contribution in [0.1, 0.15) is 46.0 Å². The van der Waals surface area contributed by atoms with Gasteiger partial charge in [-0.25, -0.2) is 0 Å². The first kappa shape index (κ1) is 20.9. The molecule has 128 valence electrons. The van der Waals surface area contributed by atoms with E-state index in [9.17, 15) is 15.3 Å². The van der Waals surface area contributed by atoms with Gasteiger partial charge in [-0.2, -0.15) is 10.5 Å². The third kappa shape index (κ3) is 5.16. The summed E-state index contributed by atoms with van der Waals surface area (Å²) in [5.74, 6) is 2.60. The fraction of sp³-hybridized carbons (Fsp3) is 0.611. The van der Waals surface area contributed by atoms with Crippen LogP contribution in [0.2, 0.25) is 0 Å². The molecule has 0 aliphatic heterocycles. The molecule has 0 radical (unpaired) electrons. The van der Waals surface area contributed by atoms with Crippen molar-refractivity contribution in [1.29, 1.82) is 10.5 Å². The summed E-state index contributed by atoms with van der Waals surface area (Å²) in [6, 6.07) is 4.38. The van der Waals surface area contributed by atoms with Crippen molar-refractivity contribution in [2.45, 2.75) is 46.0 Å². The SMILES string of the molecule is CCC[C@@H]1C[C@@H](C(=O)OCC)CC=C1C(C#N)(C#N)CC#CSI. The Kier molecular flexibility index (Phi) is 9.26. The summed E-state index contributed by atoms with van der Waals surface area (Å²) in [6.45, 7) is 4.23. The Morgan fingerprint density at radius 3 is 2.71 bits per heavy atom. The summed E-state index contributed by atoms with van der Waals surface area (Å²) in [5.41, 5.74) is -0.388. The van der Waals surface area contributed by atoms with E-state index in [0.29, 0.717) is 19.4 Å². The van der Waals surface area contributed by atoms with Gasteiger partial charge in [0, 0.05) is 27.6 Å². The van der Waals surface area contributed by atoms with Gasteiger partial charge in [-0.1, -0.05) is 25.3 Å². The number of carbonyl (C=O) groups excluding carboxylic acids is 1. The first-order valence-corrected chi connectivity index (χ1v) is 11.4. The van der Waals surface area contributed by atoms with Crippen LogP contribution in [0.4, 0.5) is 0 Å². The molecule has 2 atom stereocenters. The van der Waals surface area contributed by atoms with Crippen molar-refractivity contribution in [2.24, 2.45) is 17.3 Å². The van der Waals surface area contributed by atoms with Gasteiger partial charge < -0.3 is 4.74 Å². The second kappa shape index (κ2) is 10.6. The Morgan fingerprint density at radius 1 is 1.46 bits per heavy atom. The highest BCUT2D eigenvalue weighted by molar-refractivity contribution is 14.2. The lowest BCUT2D eigenvalue weighted by Gasteiger charge is -2.34. The first-order chi connectivity index (χ1) is 11.6. The number of rotatable bonds is 6. The van der Waals surface area contributed by atoms with Gasteiger partial charge in [-0.05, 0) is 51.9 Å². The maximum Gasteiger partial charge on any atom is 0.309 e. The molecular formula is C18H21IN2O2S. The molecule has 0 fully saturated rings. The van der Waals surface area contributed by atoms with Crippen molar-refractivity contribution < 1.29 is 9.53 Å². The number of nitrogens with zero attached hydrogens (tertiary/aromatic N) is 2. The maximum atomic E-state index is 12.0. The molecule has 24 heavy (non-hydrogen) atoms. The molecule has 1 aliphatic rings. The average Bonchev–Trinajstić information content (AvgIpc) is 2.60. The van der Waals surface area contributed by atoms with Crippen LogP contribution in [0.5, 0.6) is 0 Å². The molecule has 0 aromatic carbocycles. The molecular weight excluding hydrogens is 435 g/mol. The Bertz CT molecular complexity index is 608. The van der Waals surface area contributed by atoms with Crippen LogP contribution >= 0.6 is 30.1 Å². The Labute approximate surface area is 160 Å². The second-order valence-electron chi connectivity index (χ2n) is 5.73. The normalized spacial score (nSPS) is 20.0. The lowest BCUT2D eigenvalue weighted by atomic mass is 9.67. The van der Waals surface area contributed by atoms with E-state index in [2.05, 4.69) is 51.4 Å². The van der Waals surface area contributed by atoms with E-state index in [1.807, 2.05) is 6.08 Å². The predicted octanol–water partition coefficient (Wildman–Crippen LogP) is 4.77. The molecule has 6 heteroatoms. The zero-order valence-electron chi connectivity index (χ0n) is 14.0. The van der Waals surface area contributed by atoms with Gasteiger partial charge in [0.2, 0.25) is 0 Å². The van der Waals surface area contributed by atoms with Gasteiger partial charge >= 0.3 is 5.97 Å². The molecule has 0 N–H and O–H groups in total. The Hall–Kier alpha value is -1.17. The molecule has 0 saturated heterocycles. The van der Waals surface area contributed by atoms with E-state index >= 15 is 0 Å². The van der Waals surface area contributed by atoms with Gasteiger partial charge in [0.15, 0.2) is 5.41 Å². The van der Waals surface area contributed by atoms with Crippen molar-refractivity contribution in [3.05, 3.63) is 11.6 Å². The van der Waals surface area contributed by atoms with Gasteiger partial charge in [0.05, 0.1) is 24.7 Å². The molecule has 0 aromatic rings. The van der Waals surface area contributed by atoms with E-state index < -0.39 is 5.41 Å². The number of esters is 1. The Balaban J connectivity index is 3.14. The van der Waals surface area contributed by atoms with Crippen LogP contribution in [-0.4, -0.2) is 12.6 Å². The minimum Gasteiger partial charge on any atom is -0.466 e. The molecule has 0 unspecified atom stereocenters. The van der Waals surface area contributed by atoms with E-state index in [4.69, 9.17) is 4.74 Å². The molecule has 0 bridgehead atoms. The number of nitriles is 2. The summed E-state index contributed by atoms with van der Waals surface area (Å²) in [4.78, 5) is 12.0. The molecule has 4 nitrogen and oxygen atoms in total. The monoisotopic (exact) mass is 456 g/mol. The molecule has 0 spiro atoms. The fourth-order valence-electron chi connectivity index (χ4n) is 3.13. The second-order valence-corrected chi connectivity index (χ2v) is 7.41. The van der Waals surface area contributed by atoms with E-state index in [0.717, 1.165) is 18.4 Å². The minimum atomic E-state index is -1.22. The first-order valence-electron chi connectivity index (χ1n) is 8.03. The molecule has 1 rings (SSSR count). The van der Waals surface area contributed by atoms with Crippen LogP contribution in [0.25, 0.3) is 0 Å². The number of hydrogen-bond acceptors (Lipinski definition) is 5. The quantitative estimate of drug-likeness (QED) is 0.249. The number of allylic oxidation sites excluding steroid dienone is 2. The van der Waals surface area contributed by atoms with Gasteiger partial charge in [-0.3, -0.25) is 4.79 Å². The fourth-order valence-corrected chi connectivity index (χ4v) is 3.72. The molecule has 0 heterocycles. The summed E-state index contributed by atoms with van der Waals surface area (Å²) >= 11 is 2.06. The number of hydrogen-bond donors (Lipinski definition) is 0. The van der Waals surface area contributed by atoms with Crippen LogP contribution in [0, 0.1) is 51.1 Å². The highest BCUT2D eigenvalue weighted by Gasteiger charge is 2.41. The van der Waals surface area contributed by atoms with Gasteiger partial charge in [-0.15, -0.1) is 0 Å².